The number of aliphatic hydroxyl groups excluding tert-OH is 1. The number of rotatable bonds is 25. The van der Waals surface area contributed by atoms with E-state index >= 15 is 0 Å². The molecule has 27 heteroatoms. The van der Waals surface area contributed by atoms with Crippen molar-refractivity contribution in [3.63, 3.8) is 0 Å². The molecule has 0 aliphatic carbocycles. The third-order valence-corrected chi connectivity index (χ3v) is 10.5. The number of aromatic nitrogens is 6. The summed E-state index contributed by atoms with van der Waals surface area (Å²) >= 11 is 0. The number of aliphatic hydroxyl groups is 1. The van der Waals surface area contributed by atoms with Gasteiger partial charge in [0.25, 0.3) is 11.8 Å². The van der Waals surface area contributed by atoms with Crippen LogP contribution in [-0.2, 0) is 71.2 Å². The van der Waals surface area contributed by atoms with E-state index in [0.717, 1.165) is 11.1 Å². The van der Waals surface area contributed by atoms with Crippen LogP contribution in [0.15, 0.2) is 73.3 Å². The zero-order valence-electron chi connectivity index (χ0n) is 38.9. The second-order valence-electron chi connectivity index (χ2n) is 15.4. The Bertz CT molecular complexity index is 2240. The monoisotopic (exact) mass is 1000 g/mol. The first kappa shape index (κ1) is 54.4. The number of esters is 1. The molecule has 4 aliphatic heterocycles. The number of methoxy groups -OCH3 is 2. The lowest BCUT2D eigenvalue weighted by Gasteiger charge is -2.20. The van der Waals surface area contributed by atoms with Gasteiger partial charge < -0.3 is 83.3 Å². The number of nitrogens with zero attached hydrogens (tertiary/aromatic N) is 6. The number of amides is 2. The lowest BCUT2D eigenvalue weighted by atomic mass is 10.1. The number of carboxylic acids is 1. The number of primary amides is 2. The van der Waals surface area contributed by atoms with Crippen LogP contribution < -0.4 is 11.5 Å². The molecule has 0 spiro atoms. The van der Waals surface area contributed by atoms with E-state index < -0.39 is 85.4 Å². The van der Waals surface area contributed by atoms with E-state index in [1.807, 2.05) is 60.7 Å². The van der Waals surface area contributed by atoms with Gasteiger partial charge in [0.05, 0.1) is 59.5 Å². The molecular formula is C44H58N8O19. The van der Waals surface area contributed by atoms with E-state index in [4.69, 9.17) is 78.2 Å². The number of ether oxygens (including phenoxy) is 13. The highest BCUT2D eigenvalue weighted by Gasteiger charge is 2.55. The summed E-state index contributed by atoms with van der Waals surface area (Å²) in [6.07, 6.45) is -3.26. The number of hydrogen-bond acceptors (Lipinski definition) is 22. The second kappa shape index (κ2) is 28.2. The quantitative estimate of drug-likeness (QED) is 0.0479. The van der Waals surface area contributed by atoms with Gasteiger partial charge in [0.2, 0.25) is 11.6 Å². The number of hydrogen-bond donors (Lipinski definition) is 4. The van der Waals surface area contributed by atoms with Crippen molar-refractivity contribution in [1.29, 1.82) is 0 Å². The normalized spacial score (nSPS) is 25.1. The number of fused-ring (bicyclic) bond motifs is 2. The molecule has 0 radical (unpaired) electrons. The van der Waals surface area contributed by atoms with Crippen LogP contribution in [-0.4, -0.2) is 194 Å². The summed E-state index contributed by atoms with van der Waals surface area (Å²) in [5, 5.41) is 25.8. The van der Waals surface area contributed by atoms with Gasteiger partial charge in [-0.25, -0.2) is 28.9 Å². The number of carboxylic acid groups (broad SMARTS) is 1. The van der Waals surface area contributed by atoms with E-state index in [1.165, 1.54) is 22.0 Å². The molecule has 4 aliphatic rings. The molecule has 2 aromatic carbocycles. The van der Waals surface area contributed by atoms with Crippen molar-refractivity contribution in [3.05, 3.63) is 96.1 Å². The maximum absolute atomic E-state index is 12.1. The molecule has 388 valence electrons. The fourth-order valence-corrected chi connectivity index (χ4v) is 7.19. The highest BCUT2D eigenvalue weighted by molar-refractivity contribution is 5.88. The summed E-state index contributed by atoms with van der Waals surface area (Å²) in [7, 11) is 3.17. The molecule has 0 bridgehead atoms. The minimum atomic E-state index is -0.966. The standard InChI is InChI=1S/C22H28N4O9.C15H16N4O5.C7H14O5/c1-29-7-8-30-9-10-31-12-16(27)32-11-15-17-18(35-22(34-17)14-5-3-2-4-6-14)21(33-15)26-13-24-20(25-26)19(23)28;16-12(21)13-17-7-19(18-13)14-11-10(9(6-20)22-14)23-15(24-11)8-4-2-1-3-5-8;1-10-2-3-11-4-5-12-6-7(8)9/h2-6,13,15,17-18,21-22H,7-12H2,1H3,(H2,23,28);1-5,7,9-11,14-15,20H,6H2,(H2,16,21);2-6H2,1H3,(H,8,9)/t15-,17?,18-,21-,22+;9-,10?,11-,14-,15+;/m11./s1. The predicted octanol–water partition coefficient (Wildman–Crippen LogP) is -0.520. The van der Waals surface area contributed by atoms with Gasteiger partial charge in [-0.1, -0.05) is 60.7 Å². The molecule has 6 heterocycles. The molecular weight excluding hydrogens is 945 g/mol. The molecule has 4 aromatic rings. The summed E-state index contributed by atoms with van der Waals surface area (Å²) in [5.41, 5.74) is 12.1. The predicted molar refractivity (Wildman–Crippen MR) is 235 cm³/mol. The zero-order valence-corrected chi connectivity index (χ0v) is 38.9. The van der Waals surface area contributed by atoms with Crippen LogP contribution >= 0.6 is 0 Å². The highest BCUT2D eigenvalue weighted by Crippen LogP contribution is 2.45. The SMILES string of the molecule is COCCOCCOCC(=O)O.COCCOCCOCC(=O)OC[C@H]1O[C@@H](n2cnc(C(N)=O)n2)[C@@H]2O[C@@H](c3ccccc3)OC21.NC(=O)c1ncn([C@@H]2O[C@H](CO)C3O[C@H](c4ccccc4)O[C@H]32)n1. The molecule has 2 amide bonds. The second-order valence-corrected chi connectivity index (χ2v) is 15.4. The van der Waals surface area contributed by atoms with Crippen LogP contribution in [0.4, 0.5) is 0 Å². The first-order valence-corrected chi connectivity index (χ1v) is 22.2. The summed E-state index contributed by atoms with van der Waals surface area (Å²) < 4.78 is 73.8. The summed E-state index contributed by atoms with van der Waals surface area (Å²) in [5.74, 6) is -3.28. The van der Waals surface area contributed by atoms with Crippen molar-refractivity contribution in [1.82, 2.24) is 29.5 Å². The molecule has 6 N–H and O–H groups in total. The van der Waals surface area contributed by atoms with Crippen molar-refractivity contribution in [2.75, 3.05) is 93.5 Å². The van der Waals surface area contributed by atoms with Crippen LogP contribution in [0, 0.1) is 0 Å². The average molecular weight is 1000 g/mol. The smallest absolute Gasteiger partial charge is 0.332 e. The van der Waals surface area contributed by atoms with Gasteiger partial charge in [0.1, 0.15) is 69.1 Å². The van der Waals surface area contributed by atoms with Crippen LogP contribution in [0.2, 0.25) is 0 Å². The van der Waals surface area contributed by atoms with E-state index in [9.17, 15) is 24.3 Å². The Labute approximate surface area is 406 Å². The fraction of sp³-hybridized carbons (Fsp3) is 0.545. The van der Waals surface area contributed by atoms with Gasteiger partial charge in [0.15, 0.2) is 25.0 Å². The van der Waals surface area contributed by atoms with E-state index in [-0.39, 0.29) is 44.7 Å². The van der Waals surface area contributed by atoms with Gasteiger partial charge in [-0.2, -0.15) is 0 Å². The highest BCUT2D eigenvalue weighted by atomic mass is 16.8. The Morgan fingerprint density at radius 2 is 1.00 bits per heavy atom. The van der Waals surface area contributed by atoms with Crippen LogP contribution in [0.5, 0.6) is 0 Å². The average Bonchev–Trinajstić information content (AvgIpc) is 4.25. The summed E-state index contributed by atoms with van der Waals surface area (Å²) in [4.78, 5) is 52.4. The largest absolute Gasteiger partial charge is 0.480 e. The molecule has 2 aromatic heterocycles. The Morgan fingerprint density at radius 3 is 1.44 bits per heavy atom. The van der Waals surface area contributed by atoms with Crippen molar-refractivity contribution < 1.29 is 91.0 Å². The minimum absolute atomic E-state index is 0.0908. The van der Waals surface area contributed by atoms with Gasteiger partial charge >= 0.3 is 11.9 Å². The van der Waals surface area contributed by atoms with E-state index in [2.05, 4.69) is 20.2 Å². The first-order chi connectivity index (χ1) is 34.5. The van der Waals surface area contributed by atoms with Crippen LogP contribution in [0.1, 0.15) is 57.4 Å². The van der Waals surface area contributed by atoms with E-state index in [0.29, 0.717) is 46.2 Å². The Balaban J connectivity index is 0.000000197. The van der Waals surface area contributed by atoms with Crippen LogP contribution in [0.25, 0.3) is 0 Å². The summed E-state index contributed by atoms with van der Waals surface area (Å²) in [6.45, 7) is 2.46. The molecule has 0 saturated carbocycles. The maximum Gasteiger partial charge on any atom is 0.332 e. The molecule has 8 rings (SSSR count). The third-order valence-electron chi connectivity index (χ3n) is 10.5. The molecule has 27 nitrogen and oxygen atoms in total. The minimum Gasteiger partial charge on any atom is -0.480 e. The van der Waals surface area contributed by atoms with Crippen molar-refractivity contribution in [3.8, 4) is 0 Å². The van der Waals surface area contributed by atoms with Gasteiger partial charge in [-0.3, -0.25) is 9.59 Å². The summed E-state index contributed by atoms with van der Waals surface area (Å²) in [6, 6.07) is 18.9. The lowest BCUT2D eigenvalue weighted by molar-refractivity contribution is -0.171. The molecule has 71 heavy (non-hydrogen) atoms. The molecule has 4 fully saturated rings. The number of benzene rings is 2. The van der Waals surface area contributed by atoms with Gasteiger partial charge in [-0.05, 0) is 0 Å². The van der Waals surface area contributed by atoms with Crippen molar-refractivity contribution in [2.24, 2.45) is 11.5 Å². The van der Waals surface area contributed by atoms with Crippen molar-refractivity contribution >= 4 is 23.8 Å². The fourth-order valence-electron chi connectivity index (χ4n) is 7.19. The first-order valence-electron chi connectivity index (χ1n) is 22.2. The lowest BCUT2D eigenvalue weighted by Crippen LogP contribution is -2.33. The Morgan fingerprint density at radius 1 is 0.577 bits per heavy atom. The van der Waals surface area contributed by atoms with Crippen LogP contribution in [0.3, 0.4) is 0 Å². The van der Waals surface area contributed by atoms with E-state index in [1.54, 1.807) is 14.2 Å². The Hall–Kier alpha value is -5.92. The Kier molecular flexibility index (Phi) is 21.6. The topological polar surface area (TPSA) is 342 Å². The van der Waals surface area contributed by atoms with Gasteiger partial charge in [-0.15, -0.1) is 10.2 Å². The number of carbonyl (C=O) groups excluding carboxylic acids is 3. The third kappa shape index (κ3) is 15.8. The number of nitrogens with two attached hydrogens (primary N) is 2. The van der Waals surface area contributed by atoms with Crippen molar-refractivity contribution in [2.45, 2.75) is 61.7 Å². The number of carbonyl (C=O) groups is 4. The van der Waals surface area contributed by atoms with Gasteiger partial charge in [0, 0.05) is 25.3 Å². The number of aliphatic carboxylic acids is 1. The molecule has 10 atom stereocenters. The maximum atomic E-state index is 12.1. The molecule has 2 unspecified atom stereocenters. The zero-order chi connectivity index (χ0) is 50.5. The molecule has 4 saturated heterocycles.